The Morgan fingerprint density at radius 1 is 0.962 bits per heavy atom. The zero-order valence-corrected chi connectivity index (χ0v) is 17.1. The van der Waals surface area contributed by atoms with Gasteiger partial charge in [0.1, 0.15) is 0 Å². The Balaban J connectivity index is 1.82. The molecule has 0 radical (unpaired) electrons. The molecular formula is C21H15Br2NO2. The van der Waals surface area contributed by atoms with E-state index in [1.165, 1.54) is 0 Å². The van der Waals surface area contributed by atoms with E-state index < -0.39 is 5.97 Å². The number of hydrogen-bond donors (Lipinski definition) is 0. The molecular weight excluding hydrogens is 458 g/mol. The lowest BCUT2D eigenvalue weighted by Crippen LogP contribution is -2.09. The van der Waals surface area contributed by atoms with E-state index in [0.717, 1.165) is 16.8 Å². The molecule has 0 spiro atoms. The number of esters is 1. The molecule has 130 valence electrons. The van der Waals surface area contributed by atoms with Crippen molar-refractivity contribution in [2.45, 2.75) is 6.92 Å². The third-order valence-electron chi connectivity index (χ3n) is 3.69. The Kier molecular flexibility index (Phi) is 6.01. The molecule has 0 heterocycles. The second-order valence-corrected chi connectivity index (χ2v) is 7.32. The van der Waals surface area contributed by atoms with Gasteiger partial charge in [-0.2, -0.15) is 0 Å². The Morgan fingerprint density at radius 2 is 1.58 bits per heavy atom. The minimum absolute atomic E-state index is 0.409. The number of aryl methyl sites for hydroxylation is 1. The van der Waals surface area contributed by atoms with Crippen LogP contribution in [0.1, 0.15) is 21.5 Å². The molecule has 3 aromatic carbocycles. The van der Waals surface area contributed by atoms with Crippen molar-refractivity contribution >= 4 is 49.7 Å². The Labute approximate surface area is 169 Å². The molecule has 0 bridgehead atoms. The van der Waals surface area contributed by atoms with Crippen molar-refractivity contribution in [2.24, 2.45) is 4.99 Å². The lowest BCUT2D eigenvalue weighted by atomic mass is 10.2. The number of para-hydroxylation sites is 1. The lowest BCUT2D eigenvalue weighted by molar-refractivity contribution is 0.0732. The van der Waals surface area contributed by atoms with Crippen LogP contribution in [0.5, 0.6) is 5.75 Å². The number of nitrogens with zero attached hydrogens (tertiary/aromatic N) is 1. The summed E-state index contributed by atoms with van der Waals surface area (Å²) in [5, 5.41) is 0. The van der Waals surface area contributed by atoms with Gasteiger partial charge < -0.3 is 4.74 Å². The van der Waals surface area contributed by atoms with E-state index in [1.54, 1.807) is 30.5 Å². The molecule has 0 aliphatic carbocycles. The van der Waals surface area contributed by atoms with Gasteiger partial charge in [-0.15, -0.1) is 0 Å². The summed E-state index contributed by atoms with van der Waals surface area (Å²) in [6.45, 7) is 2.02. The van der Waals surface area contributed by atoms with Gasteiger partial charge in [-0.3, -0.25) is 4.99 Å². The summed E-state index contributed by atoms with van der Waals surface area (Å²) in [5.41, 5.74) is 3.40. The summed E-state index contributed by atoms with van der Waals surface area (Å²) >= 11 is 6.94. The maximum atomic E-state index is 12.3. The van der Waals surface area contributed by atoms with Crippen LogP contribution >= 0.6 is 31.9 Å². The number of ether oxygens (including phenoxy) is 1. The van der Waals surface area contributed by atoms with Gasteiger partial charge in [0.25, 0.3) is 0 Å². The van der Waals surface area contributed by atoms with Crippen LogP contribution < -0.4 is 4.74 Å². The second-order valence-electron chi connectivity index (χ2n) is 5.61. The molecule has 5 heteroatoms. The minimum Gasteiger partial charge on any atom is -0.421 e. The van der Waals surface area contributed by atoms with Crippen molar-refractivity contribution in [1.29, 1.82) is 0 Å². The van der Waals surface area contributed by atoms with Gasteiger partial charge in [0.05, 0.1) is 20.2 Å². The largest absolute Gasteiger partial charge is 0.421 e. The van der Waals surface area contributed by atoms with Crippen LogP contribution in [-0.2, 0) is 0 Å². The average molecular weight is 473 g/mol. The van der Waals surface area contributed by atoms with Crippen molar-refractivity contribution in [3.05, 3.63) is 92.4 Å². The Morgan fingerprint density at radius 3 is 2.23 bits per heavy atom. The van der Waals surface area contributed by atoms with E-state index in [1.807, 2.05) is 49.4 Å². The van der Waals surface area contributed by atoms with Gasteiger partial charge in [0.2, 0.25) is 0 Å². The summed E-state index contributed by atoms with van der Waals surface area (Å²) in [4.78, 5) is 16.8. The van der Waals surface area contributed by atoms with Crippen molar-refractivity contribution in [2.75, 3.05) is 0 Å². The summed E-state index contributed by atoms with van der Waals surface area (Å²) in [5.74, 6) is 0.0280. The molecule has 0 saturated heterocycles. The fourth-order valence-corrected chi connectivity index (χ4v) is 3.71. The van der Waals surface area contributed by atoms with Crippen LogP contribution in [0.2, 0.25) is 0 Å². The summed E-state index contributed by atoms with van der Waals surface area (Å²) in [6.07, 6.45) is 1.78. The zero-order valence-electron chi connectivity index (χ0n) is 13.9. The highest BCUT2D eigenvalue weighted by atomic mass is 79.9. The first kappa shape index (κ1) is 18.5. The number of benzene rings is 3. The highest BCUT2D eigenvalue weighted by Crippen LogP contribution is 2.35. The molecule has 0 aromatic heterocycles. The molecule has 0 unspecified atom stereocenters. The molecule has 0 amide bonds. The molecule has 3 aromatic rings. The van der Waals surface area contributed by atoms with Crippen LogP contribution in [0, 0.1) is 6.92 Å². The average Bonchev–Trinajstić information content (AvgIpc) is 2.64. The smallest absolute Gasteiger partial charge is 0.343 e. The quantitative estimate of drug-likeness (QED) is 0.247. The fraction of sp³-hybridized carbons (Fsp3) is 0.0476. The predicted molar refractivity (Wildman–Crippen MR) is 112 cm³/mol. The van der Waals surface area contributed by atoms with Gasteiger partial charge in [-0.1, -0.05) is 36.4 Å². The summed E-state index contributed by atoms with van der Waals surface area (Å²) in [7, 11) is 0. The molecule has 3 nitrogen and oxygen atoms in total. The van der Waals surface area contributed by atoms with E-state index in [-0.39, 0.29) is 0 Å². The van der Waals surface area contributed by atoms with Crippen LogP contribution in [0.3, 0.4) is 0 Å². The standard InChI is InChI=1S/C21H15Br2NO2/c1-14-7-5-6-10-19(14)24-13-15-11-17(22)20(18(23)12-15)26-21(25)16-8-3-2-4-9-16/h2-13H,1H3. The maximum Gasteiger partial charge on any atom is 0.343 e. The van der Waals surface area contributed by atoms with Crippen molar-refractivity contribution < 1.29 is 9.53 Å². The number of halogens is 2. The van der Waals surface area contributed by atoms with Crippen molar-refractivity contribution in [3.63, 3.8) is 0 Å². The first-order valence-electron chi connectivity index (χ1n) is 7.90. The monoisotopic (exact) mass is 471 g/mol. The molecule has 26 heavy (non-hydrogen) atoms. The second kappa shape index (κ2) is 8.43. The summed E-state index contributed by atoms with van der Waals surface area (Å²) < 4.78 is 6.86. The fourth-order valence-electron chi connectivity index (χ4n) is 2.33. The van der Waals surface area contributed by atoms with Gasteiger partial charge in [-0.25, -0.2) is 4.79 Å². The highest BCUT2D eigenvalue weighted by Gasteiger charge is 2.14. The third kappa shape index (κ3) is 4.48. The highest BCUT2D eigenvalue weighted by molar-refractivity contribution is 9.11. The summed E-state index contributed by atoms with van der Waals surface area (Å²) in [6, 6.07) is 20.5. The lowest BCUT2D eigenvalue weighted by Gasteiger charge is -2.10. The topological polar surface area (TPSA) is 38.7 Å². The van der Waals surface area contributed by atoms with Gasteiger partial charge in [0.15, 0.2) is 5.75 Å². The zero-order chi connectivity index (χ0) is 18.5. The van der Waals surface area contributed by atoms with E-state index >= 15 is 0 Å². The number of hydrogen-bond acceptors (Lipinski definition) is 3. The first-order valence-corrected chi connectivity index (χ1v) is 9.49. The molecule has 0 aliphatic heterocycles. The normalized spacial score (nSPS) is 10.9. The third-order valence-corrected chi connectivity index (χ3v) is 4.87. The Hall–Kier alpha value is -2.24. The molecule has 0 saturated carbocycles. The molecule has 0 aliphatic rings. The van der Waals surface area contributed by atoms with E-state index in [2.05, 4.69) is 36.9 Å². The molecule has 3 rings (SSSR count). The SMILES string of the molecule is Cc1ccccc1N=Cc1cc(Br)c(OC(=O)c2ccccc2)c(Br)c1. The predicted octanol–water partition coefficient (Wildman–Crippen LogP) is 6.49. The number of carbonyl (C=O) groups is 1. The van der Waals surface area contributed by atoms with Gasteiger partial charge in [-0.05, 0) is 80.2 Å². The van der Waals surface area contributed by atoms with Crippen LogP contribution in [-0.4, -0.2) is 12.2 Å². The van der Waals surface area contributed by atoms with Crippen LogP contribution in [0.15, 0.2) is 80.7 Å². The Bertz CT molecular complexity index is 946. The number of aliphatic imine (C=N–C) groups is 1. The van der Waals surface area contributed by atoms with Crippen LogP contribution in [0.4, 0.5) is 5.69 Å². The molecule has 0 fully saturated rings. The molecule has 0 N–H and O–H groups in total. The first-order chi connectivity index (χ1) is 12.5. The van der Waals surface area contributed by atoms with Crippen molar-refractivity contribution in [1.82, 2.24) is 0 Å². The minimum atomic E-state index is -0.409. The van der Waals surface area contributed by atoms with E-state index in [4.69, 9.17) is 4.74 Å². The van der Waals surface area contributed by atoms with Crippen molar-refractivity contribution in [3.8, 4) is 5.75 Å². The maximum absolute atomic E-state index is 12.3. The van der Waals surface area contributed by atoms with Gasteiger partial charge in [0, 0.05) is 6.21 Å². The van der Waals surface area contributed by atoms with Gasteiger partial charge >= 0.3 is 5.97 Å². The van der Waals surface area contributed by atoms with Crippen LogP contribution in [0.25, 0.3) is 0 Å². The number of carbonyl (C=O) groups excluding carboxylic acids is 1. The molecule has 0 atom stereocenters. The van der Waals surface area contributed by atoms with E-state index in [9.17, 15) is 4.79 Å². The van der Waals surface area contributed by atoms with E-state index in [0.29, 0.717) is 20.3 Å². The number of rotatable bonds is 4.